The van der Waals surface area contributed by atoms with Crippen LogP contribution in [-0.2, 0) is 12.8 Å². The Morgan fingerprint density at radius 3 is 2.79 bits per heavy atom. The third-order valence-electron chi connectivity index (χ3n) is 4.62. The first-order chi connectivity index (χ1) is 11.6. The van der Waals surface area contributed by atoms with Crippen LogP contribution >= 0.6 is 0 Å². The minimum absolute atomic E-state index is 0.151. The van der Waals surface area contributed by atoms with E-state index in [9.17, 15) is 9.90 Å². The lowest BCUT2D eigenvalue weighted by Gasteiger charge is -2.26. The van der Waals surface area contributed by atoms with Gasteiger partial charge >= 0.3 is 0 Å². The Hall–Kier alpha value is -3.08. The highest BCUT2D eigenvalue weighted by atomic mass is 16.3. The number of amides is 1. The number of nitrogens with two attached hydrogens (primary N) is 1. The molecule has 1 aromatic heterocycles. The molecule has 24 heavy (non-hydrogen) atoms. The van der Waals surface area contributed by atoms with Gasteiger partial charge in [0.15, 0.2) is 5.69 Å². The second-order valence-corrected chi connectivity index (χ2v) is 6.15. The molecule has 3 aromatic rings. The standard InChI is InChI=1S/C19H17N3O2/c20-19(24)18-16-9-12(8-11-4-2-1-3-5-11)15-10-13(23)6-7-14(15)17(16)21-22-18/h1-7,10,12,23H,8-9H2,(H2,20,24)(H,21,22). The topological polar surface area (TPSA) is 92.0 Å². The summed E-state index contributed by atoms with van der Waals surface area (Å²) < 4.78 is 0. The van der Waals surface area contributed by atoms with Crippen molar-refractivity contribution in [2.24, 2.45) is 5.73 Å². The number of primary amides is 1. The summed E-state index contributed by atoms with van der Waals surface area (Å²) in [6.45, 7) is 0. The van der Waals surface area contributed by atoms with E-state index >= 15 is 0 Å². The van der Waals surface area contributed by atoms with Crippen molar-refractivity contribution < 1.29 is 9.90 Å². The normalized spacial score (nSPS) is 15.6. The largest absolute Gasteiger partial charge is 0.508 e. The molecule has 120 valence electrons. The van der Waals surface area contributed by atoms with E-state index in [0.29, 0.717) is 12.1 Å². The Kier molecular flexibility index (Phi) is 3.34. The number of rotatable bonds is 3. The van der Waals surface area contributed by atoms with Crippen molar-refractivity contribution in [1.29, 1.82) is 0 Å². The lowest BCUT2D eigenvalue weighted by Crippen LogP contribution is -2.18. The quantitative estimate of drug-likeness (QED) is 0.693. The van der Waals surface area contributed by atoms with Crippen molar-refractivity contribution in [1.82, 2.24) is 10.2 Å². The molecule has 4 rings (SSSR count). The molecule has 0 saturated heterocycles. The van der Waals surface area contributed by atoms with Gasteiger partial charge in [-0.05, 0) is 48.1 Å². The van der Waals surface area contributed by atoms with Gasteiger partial charge in [-0.1, -0.05) is 30.3 Å². The van der Waals surface area contributed by atoms with Gasteiger partial charge in [0.25, 0.3) is 5.91 Å². The minimum Gasteiger partial charge on any atom is -0.508 e. The van der Waals surface area contributed by atoms with Crippen LogP contribution in [0.15, 0.2) is 48.5 Å². The molecule has 0 fully saturated rings. The van der Waals surface area contributed by atoms with Crippen LogP contribution in [0.4, 0.5) is 0 Å². The molecule has 2 aromatic carbocycles. The highest BCUT2D eigenvalue weighted by Gasteiger charge is 2.30. The number of nitrogens with one attached hydrogen (secondary N) is 1. The van der Waals surface area contributed by atoms with Crippen molar-refractivity contribution in [2.75, 3.05) is 0 Å². The number of carbonyl (C=O) groups excluding carboxylic acids is 1. The zero-order valence-corrected chi connectivity index (χ0v) is 13.0. The molecule has 1 aliphatic rings. The van der Waals surface area contributed by atoms with E-state index in [1.807, 2.05) is 24.3 Å². The maximum atomic E-state index is 11.7. The molecular weight excluding hydrogens is 302 g/mol. The zero-order chi connectivity index (χ0) is 16.7. The van der Waals surface area contributed by atoms with Gasteiger partial charge in [-0.15, -0.1) is 0 Å². The Morgan fingerprint density at radius 1 is 1.25 bits per heavy atom. The average molecular weight is 319 g/mol. The molecule has 1 aliphatic carbocycles. The van der Waals surface area contributed by atoms with Gasteiger partial charge in [0.05, 0.1) is 5.69 Å². The van der Waals surface area contributed by atoms with Crippen LogP contribution in [0.3, 0.4) is 0 Å². The summed E-state index contributed by atoms with van der Waals surface area (Å²) in [4.78, 5) is 11.7. The lowest BCUT2D eigenvalue weighted by atomic mass is 9.78. The molecule has 1 unspecified atom stereocenters. The highest BCUT2D eigenvalue weighted by Crippen LogP contribution is 2.42. The first-order valence-electron chi connectivity index (χ1n) is 7.87. The number of fused-ring (bicyclic) bond motifs is 3. The fourth-order valence-electron chi connectivity index (χ4n) is 3.54. The number of phenols is 1. The van der Waals surface area contributed by atoms with Crippen LogP contribution in [0.2, 0.25) is 0 Å². The molecule has 5 heteroatoms. The molecule has 4 N–H and O–H groups in total. The van der Waals surface area contributed by atoms with Crippen LogP contribution in [0.5, 0.6) is 5.75 Å². The number of hydrogen-bond acceptors (Lipinski definition) is 3. The predicted molar refractivity (Wildman–Crippen MR) is 90.8 cm³/mol. The summed E-state index contributed by atoms with van der Waals surface area (Å²) >= 11 is 0. The molecule has 0 aliphatic heterocycles. The van der Waals surface area contributed by atoms with Crippen LogP contribution < -0.4 is 5.73 Å². The van der Waals surface area contributed by atoms with E-state index in [1.165, 1.54) is 5.56 Å². The minimum atomic E-state index is -0.520. The summed E-state index contributed by atoms with van der Waals surface area (Å²) in [5.74, 6) is -0.129. The molecule has 5 nitrogen and oxygen atoms in total. The summed E-state index contributed by atoms with van der Waals surface area (Å²) in [6, 6.07) is 15.5. The van der Waals surface area contributed by atoms with Crippen LogP contribution in [0.1, 0.15) is 33.1 Å². The summed E-state index contributed by atoms with van der Waals surface area (Å²) in [5.41, 5.74) is 10.7. The van der Waals surface area contributed by atoms with E-state index in [1.54, 1.807) is 12.1 Å². The van der Waals surface area contributed by atoms with Crippen LogP contribution in [0, 0.1) is 0 Å². The predicted octanol–water partition coefficient (Wildman–Crippen LogP) is 2.76. The van der Waals surface area contributed by atoms with Gasteiger partial charge in [0.1, 0.15) is 5.75 Å². The lowest BCUT2D eigenvalue weighted by molar-refractivity contribution is 0.0994. The fraction of sp³-hybridized carbons (Fsp3) is 0.158. The number of aromatic hydroxyl groups is 1. The fourth-order valence-corrected chi connectivity index (χ4v) is 3.54. The van der Waals surface area contributed by atoms with E-state index in [0.717, 1.165) is 28.8 Å². The SMILES string of the molecule is NC(=O)c1n[nH]c2c1CC(Cc1ccccc1)c1cc(O)ccc1-2. The molecule has 0 bridgehead atoms. The molecule has 0 saturated carbocycles. The maximum absolute atomic E-state index is 11.7. The number of carbonyl (C=O) groups is 1. The van der Waals surface area contributed by atoms with Gasteiger partial charge in [-0.2, -0.15) is 5.10 Å². The van der Waals surface area contributed by atoms with E-state index in [-0.39, 0.29) is 11.7 Å². The Balaban J connectivity index is 1.83. The Labute approximate surface area is 139 Å². The number of aromatic nitrogens is 2. The average Bonchev–Trinajstić information content (AvgIpc) is 3.00. The van der Waals surface area contributed by atoms with Gasteiger partial charge < -0.3 is 10.8 Å². The van der Waals surface area contributed by atoms with E-state index in [2.05, 4.69) is 22.3 Å². The number of benzene rings is 2. The molecule has 1 heterocycles. The summed E-state index contributed by atoms with van der Waals surface area (Å²) in [5, 5.41) is 16.9. The van der Waals surface area contributed by atoms with E-state index in [4.69, 9.17) is 5.73 Å². The number of hydrogen-bond donors (Lipinski definition) is 3. The van der Waals surface area contributed by atoms with Gasteiger partial charge in [0.2, 0.25) is 0 Å². The highest BCUT2D eigenvalue weighted by molar-refractivity contribution is 5.94. The van der Waals surface area contributed by atoms with Crippen molar-refractivity contribution in [3.05, 3.63) is 70.9 Å². The Bertz CT molecular complexity index is 916. The molecular formula is C19H17N3O2. The smallest absolute Gasteiger partial charge is 0.269 e. The first-order valence-corrected chi connectivity index (χ1v) is 7.87. The third kappa shape index (κ3) is 2.34. The summed E-state index contributed by atoms with van der Waals surface area (Å²) in [6.07, 6.45) is 1.48. The van der Waals surface area contributed by atoms with Crippen molar-refractivity contribution in [2.45, 2.75) is 18.8 Å². The first kappa shape index (κ1) is 14.5. The number of nitrogens with zero attached hydrogens (tertiary/aromatic N) is 1. The van der Waals surface area contributed by atoms with Crippen LogP contribution in [0.25, 0.3) is 11.3 Å². The van der Waals surface area contributed by atoms with Gasteiger partial charge in [-0.25, -0.2) is 0 Å². The van der Waals surface area contributed by atoms with E-state index < -0.39 is 5.91 Å². The molecule has 0 spiro atoms. The van der Waals surface area contributed by atoms with Crippen LogP contribution in [-0.4, -0.2) is 21.2 Å². The molecule has 1 atom stereocenters. The number of H-pyrrole nitrogens is 1. The summed E-state index contributed by atoms with van der Waals surface area (Å²) in [7, 11) is 0. The number of phenolic OH excluding ortho intramolecular Hbond substituents is 1. The monoisotopic (exact) mass is 319 g/mol. The Morgan fingerprint density at radius 2 is 2.04 bits per heavy atom. The van der Waals surface area contributed by atoms with Crippen molar-refractivity contribution >= 4 is 5.91 Å². The maximum Gasteiger partial charge on any atom is 0.269 e. The molecule has 0 radical (unpaired) electrons. The third-order valence-corrected chi connectivity index (χ3v) is 4.62. The van der Waals surface area contributed by atoms with Gasteiger partial charge in [0, 0.05) is 11.1 Å². The van der Waals surface area contributed by atoms with Crippen molar-refractivity contribution in [3.8, 4) is 17.0 Å². The van der Waals surface area contributed by atoms with Crippen molar-refractivity contribution in [3.63, 3.8) is 0 Å². The second kappa shape index (κ2) is 5.53. The van der Waals surface area contributed by atoms with Gasteiger partial charge in [-0.3, -0.25) is 9.89 Å². The zero-order valence-electron chi connectivity index (χ0n) is 13.0. The number of aromatic amines is 1. The molecule has 1 amide bonds. The second-order valence-electron chi connectivity index (χ2n) is 6.15.